The Morgan fingerprint density at radius 3 is 2.48 bits per heavy atom. The lowest BCUT2D eigenvalue weighted by Gasteiger charge is -2.09. The molecule has 0 spiro atoms. The Labute approximate surface area is 166 Å². The third-order valence-corrected chi connectivity index (χ3v) is 7.00. The Bertz CT molecular complexity index is 1230. The summed E-state index contributed by atoms with van der Waals surface area (Å²) in [5, 5.41) is 1.09. The molecule has 0 amide bonds. The van der Waals surface area contributed by atoms with E-state index in [1.165, 1.54) is 11.6 Å². The SMILES string of the molecule is Cc1ccc2nc(-c3ccc(NS(=O)(=O)c4ccccc4Cl)cc3)sc2c1. The van der Waals surface area contributed by atoms with Gasteiger partial charge in [-0.2, -0.15) is 0 Å². The number of hydrogen-bond acceptors (Lipinski definition) is 4. The van der Waals surface area contributed by atoms with Crippen LogP contribution in [0.25, 0.3) is 20.8 Å². The standard InChI is InChI=1S/C20H15ClN2O2S2/c1-13-6-11-17-18(12-13)26-20(22-17)14-7-9-15(10-8-14)23-27(24,25)19-5-3-2-4-16(19)21/h2-12,23H,1H3. The van der Waals surface area contributed by atoms with E-state index < -0.39 is 10.0 Å². The van der Waals surface area contributed by atoms with Gasteiger partial charge in [0.05, 0.1) is 15.2 Å². The highest BCUT2D eigenvalue weighted by molar-refractivity contribution is 7.92. The van der Waals surface area contributed by atoms with E-state index in [1.807, 2.05) is 24.3 Å². The zero-order valence-corrected chi connectivity index (χ0v) is 16.7. The number of benzene rings is 3. The van der Waals surface area contributed by atoms with E-state index in [-0.39, 0.29) is 9.92 Å². The topological polar surface area (TPSA) is 59.1 Å². The van der Waals surface area contributed by atoms with E-state index in [1.54, 1.807) is 41.7 Å². The summed E-state index contributed by atoms with van der Waals surface area (Å²) < 4.78 is 28.7. The van der Waals surface area contributed by atoms with Gasteiger partial charge in [0.1, 0.15) is 9.90 Å². The minimum Gasteiger partial charge on any atom is -0.280 e. The van der Waals surface area contributed by atoms with Crippen LogP contribution in [-0.2, 0) is 10.0 Å². The summed E-state index contributed by atoms with van der Waals surface area (Å²) in [6.45, 7) is 2.05. The average Bonchev–Trinajstić information content (AvgIpc) is 3.05. The maximum Gasteiger partial charge on any atom is 0.263 e. The van der Waals surface area contributed by atoms with Gasteiger partial charge in [0, 0.05) is 11.3 Å². The fourth-order valence-corrected chi connectivity index (χ4v) is 5.36. The fraction of sp³-hybridized carbons (Fsp3) is 0.0500. The minimum absolute atomic E-state index is 0.0530. The highest BCUT2D eigenvalue weighted by atomic mass is 35.5. The van der Waals surface area contributed by atoms with Crippen molar-refractivity contribution in [2.75, 3.05) is 4.72 Å². The first kappa shape index (κ1) is 18.0. The molecule has 3 aromatic carbocycles. The molecule has 0 aliphatic rings. The number of rotatable bonds is 4. The lowest BCUT2D eigenvalue weighted by Crippen LogP contribution is -2.13. The normalized spacial score (nSPS) is 11.6. The molecule has 0 atom stereocenters. The van der Waals surface area contributed by atoms with Crippen molar-refractivity contribution in [3.05, 3.63) is 77.3 Å². The van der Waals surface area contributed by atoms with E-state index in [0.29, 0.717) is 5.69 Å². The second kappa shape index (κ2) is 6.96. The first-order valence-corrected chi connectivity index (χ1v) is 10.9. The largest absolute Gasteiger partial charge is 0.280 e. The van der Waals surface area contributed by atoms with Gasteiger partial charge in [-0.15, -0.1) is 11.3 Å². The summed E-state index contributed by atoms with van der Waals surface area (Å²) >= 11 is 7.62. The van der Waals surface area contributed by atoms with Crippen molar-refractivity contribution >= 4 is 48.9 Å². The molecule has 1 N–H and O–H groups in total. The number of nitrogens with zero attached hydrogens (tertiary/aromatic N) is 1. The first-order chi connectivity index (χ1) is 12.9. The summed E-state index contributed by atoms with van der Waals surface area (Å²) in [5.41, 5.74) is 3.57. The smallest absolute Gasteiger partial charge is 0.263 e. The molecule has 4 nitrogen and oxygen atoms in total. The van der Waals surface area contributed by atoms with Crippen LogP contribution in [0.5, 0.6) is 0 Å². The van der Waals surface area contributed by atoms with Crippen molar-refractivity contribution < 1.29 is 8.42 Å². The van der Waals surface area contributed by atoms with Crippen LogP contribution >= 0.6 is 22.9 Å². The monoisotopic (exact) mass is 414 g/mol. The molecule has 136 valence electrons. The lowest BCUT2D eigenvalue weighted by molar-refractivity contribution is 0.601. The summed E-state index contributed by atoms with van der Waals surface area (Å²) in [6.07, 6.45) is 0. The third-order valence-electron chi connectivity index (χ3n) is 4.05. The Morgan fingerprint density at radius 1 is 1.00 bits per heavy atom. The molecule has 0 bridgehead atoms. The second-order valence-electron chi connectivity index (χ2n) is 6.10. The van der Waals surface area contributed by atoms with Gasteiger partial charge in [-0.1, -0.05) is 29.8 Å². The Balaban J connectivity index is 1.61. The molecule has 0 aliphatic heterocycles. The number of halogens is 1. The number of nitrogens with one attached hydrogen (secondary N) is 1. The lowest BCUT2D eigenvalue weighted by atomic mass is 10.2. The number of anilines is 1. The molecule has 0 saturated carbocycles. The summed E-state index contributed by atoms with van der Waals surface area (Å²) in [5.74, 6) is 0. The predicted molar refractivity (Wildman–Crippen MR) is 112 cm³/mol. The van der Waals surface area contributed by atoms with Gasteiger partial charge in [0.15, 0.2) is 0 Å². The van der Waals surface area contributed by atoms with E-state index in [4.69, 9.17) is 11.6 Å². The van der Waals surface area contributed by atoms with Crippen LogP contribution in [0, 0.1) is 6.92 Å². The van der Waals surface area contributed by atoms with Crippen LogP contribution in [0.1, 0.15) is 5.56 Å². The zero-order valence-electron chi connectivity index (χ0n) is 14.3. The van der Waals surface area contributed by atoms with Crippen LogP contribution in [0.4, 0.5) is 5.69 Å². The molecule has 0 unspecified atom stereocenters. The van der Waals surface area contributed by atoms with Crippen molar-refractivity contribution in [2.24, 2.45) is 0 Å². The van der Waals surface area contributed by atoms with Crippen molar-refractivity contribution in [3.63, 3.8) is 0 Å². The molecule has 0 radical (unpaired) electrons. The van der Waals surface area contributed by atoms with Gasteiger partial charge in [-0.3, -0.25) is 4.72 Å². The molecule has 27 heavy (non-hydrogen) atoms. The summed E-state index contributed by atoms with van der Waals surface area (Å²) in [7, 11) is -3.74. The Kier molecular flexibility index (Phi) is 4.63. The van der Waals surface area contributed by atoms with Gasteiger partial charge in [-0.05, 0) is 61.0 Å². The van der Waals surface area contributed by atoms with Crippen LogP contribution < -0.4 is 4.72 Å². The number of thiazole rings is 1. The van der Waals surface area contributed by atoms with Crippen molar-refractivity contribution in [3.8, 4) is 10.6 Å². The fourth-order valence-electron chi connectivity index (χ4n) is 2.71. The van der Waals surface area contributed by atoms with E-state index in [0.717, 1.165) is 20.8 Å². The maximum absolute atomic E-state index is 12.5. The highest BCUT2D eigenvalue weighted by Gasteiger charge is 2.17. The van der Waals surface area contributed by atoms with Gasteiger partial charge in [0.25, 0.3) is 10.0 Å². The van der Waals surface area contributed by atoms with E-state index in [2.05, 4.69) is 22.7 Å². The van der Waals surface area contributed by atoms with Crippen molar-refractivity contribution in [2.45, 2.75) is 11.8 Å². The van der Waals surface area contributed by atoms with E-state index >= 15 is 0 Å². The van der Waals surface area contributed by atoms with Gasteiger partial charge < -0.3 is 0 Å². The van der Waals surface area contributed by atoms with Crippen LogP contribution in [0.3, 0.4) is 0 Å². The second-order valence-corrected chi connectivity index (χ2v) is 9.19. The molecule has 0 aliphatic carbocycles. The van der Waals surface area contributed by atoms with Crippen molar-refractivity contribution in [1.29, 1.82) is 0 Å². The summed E-state index contributed by atoms with van der Waals surface area (Å²) in [6, 6.07) is 19.7. The van der Waals surface area contributed by atoms with Crippen LogP contribution in [-0.4, -0.2) is 13.4 Å². The molecule has 4 rings (SSSR count). The Hall–Kier alpha value is -2.41. The van der Waals surface area contributed by atoms with Crippen LogP contribution in [0.15, 0.2) is 71.6 Å². The van der Waals surface area contributed by atoms with Gasteiger partial charge >= 0.3 is 0 Å². The molecule has 0 fully saturated rings. The maximum atomic E-state index is 12.5. The van der Waals surface area contributed by atoms with Gasteiger partial charge in [0.2, 0.25) is 0 Å². The van der Waals surface area contributed by atoms with Crippen molar-refractivity contribution in [1.82, 2.24) is 4.98 Å². The van der Waals surface area contributed by atoms with E-state index in [9.17, 15) is 8.42 Å². The van der Waals surface area contributed by atoms with Crippen LogP contribution in [0.2, 0.25) is 5.02 Å². The molecule has 7 heteroatoms. The quantitative estimate of drug-likeness (QED) is 0.464. The van der Waals surface area contributed by atoms with Gasteiger partial charge in [-0.25, -0.2) is 13.4 Å². The number of aryl methyl sites for hydroxylation is 1. The number of hydrogen-bond donors (Lipinski definition) is 1. The molecule has 4 aromatic rings. The number of fused-ring (bicyclic) bond motifs is 1. The molecular formula is C20H15ClN2O2S2. The third kappa shape index (κ3) is 3.69. The Morgan fingerprint density at radius 2 is 1.74 bits per heavy atom. The molecule has 1 aromatic heterocycles. The summed E-state index contributed by atoms with van der Waals surface area (Å²) in [4.78, 5) is 4.70. The molecular weight excluding hydrogens is 400 g/mol. The predicted octanol–water partition coefficient (Wildman–Crippen LogP) is 5.73. The molecule has 0 saturated heterocycles. The number of sulfonamides is 1. The zero-order chi connectivity index (χ0) is 19.0. The molecule has 1 heterocycles. The average molecular weight is 415 g/mol. The number of aromatic nitrogens is 1. The first-order valence-electron chi connectivity index (χ1n) is 8.17. The minimum atomic E-state index is -3.74. The highest BCUT2D eigenvalue weighted by Crippen LogP contribution is 2.31.